The van der Waals surface area contributed by atoms with Crippen LogP contribution in [0, 0.1) is 0 Å². The molecule has 0 aliphatic carbocycles. The Kier molecular flexibility index (Phi) is 2.69. The molecule has 0 fully saturated rings. The minimum atomic E-state index is 0.684. The second-order valence-corrected chi connectivity index (χ2v) is 4.67. The predicted molar refractivity (Wildman–Crippen MR) is 78.8 cm³/mol. The van der Waals surface area contributed by atoms with E-state index in [1.165, 1.54) is 10.8 Å². The molecule has 3 rings (SSSR count). The van der Waals surface area contributed by atoms with Gasteiger partial charge in [0, 0.05) is 11.3 Å². The number of nitrogen functional groups attached to an aromatic ring is 1. The molecule has 1 nitrogen and oxygen atoms in total. The average molecular weight is 254 g/mol. The summed E-state index contributed by atoms with van der Waals surface area (Å²) in [5, 5.41) is 3.10. The van der Waals surface area contributed by atoms with Crippen molar-refractivity contribution >= 4 is 28.1 Å². The Balaban J connectivity index is 2.31. The molecule has 2 heteroatoms. The van der Waals surface area contributed by atoms with Crippen LogP contribution in [0.5, 0.6) is 0 Å². The SMILES string of the molecule is Nc1ccc(-c2cccc3ccccc23)c(Cl)c1. The van der Waals surface area contributed by atoms with Crippen molar-refractivity contribution in [1.82, 2.24) is 0 Å². The summed E-state index contributed by atoms with van der Waals surface area (Å²) in [4.78, 5) is 0. The number of rotatable bonds is 1. The molecule has 0 saturated heterocycles. The first-order chi connectivity index (χ1) is 8.75. The van der Waals surface area contributed by atoms with E-state index in [4.69, 9.17) is 17.3 Å². The zero-order valence-electron chi connectivity index (χ0n) is 9.73. The van der Waals surface area contributed by atoms with E-state index in [0.29, 0.717) is 10.7 Å². The fourth-order valence-corrected chi connectivity index (χ4v) is 2.50. The van der Waals surface area contributed by atoms with E-state index >= 15 is 0 Å². The number of hydrogen-bond acceptors (Lipinski definition) is 1. The van der Waals surface area contributed by atoms with Gasteiger partial charge in [0.2, 0.25) is 0 Å². The summed E-state index contributed by atoms with van der Waals surface area (Å²) in [6.45, 7) is 0. The highest BCUT2D eigenvalue weighted by Gasteiger charge is 2.07. The Morgan fingerprint density at radius 3 is 2.39 bits per heavy atom. The summed E-state index contributed by atoms with van der Waals surface area (Å²) < 4.78 is 0. The first kappa shape index (κ1) is 11.1. The summed E-state index contributed by atoms with van der Waals surface area (Å²) in [5.74, 6) is 0. The Hall–Kier alpha value is -1.99. The number of hydrogen-bond donors (Lipinski definition) is 1. The summed E-state index contributed by atoms with van der Waals surface area (Å²) in [7, 11) is 0. The number of halogens is 1. The van der Waals surface area contributed by atoms with Crippen molar-refractivity contribution < 1.29 is 0 Å². The molecular weight excluding hydrogens is 242 g/mol. The monoisotopic (exact) mass is 253 g/mol. The molecule has 0 aliphatic heterocycles. The average Bonchev–Trinajstić information content (AvgIpc) is 2.38. The molecule has 0 radical (unpaired) electrons. The predicted octanol–water partition coefficient (Wildman–Crippen LogP) is 4.74. The van der Waals surface area contributed by atoms with Crippen LogP contribution in [0.15, 0.2) is 60.7 Å². The molecule has 0 unspecified atom stereocenters. The van der Waals surface area contributed by atoms with E-state index in [0.717, 1.165) is 11.1 Å². The van der Waals surface area contributed by atoms with Crippen LogP contribution in [0.4, 0.5) is 5.69 Å². The number of benzene rings is 3. The van der Waals surface area contributed by atoms with Gasteiger partial charge in [0.25, 0.3) is 0 Å². The molecule has 3 aromatic carbocycles. The molecule has 18 heavy (non-hydrogen) atoms. The highest BCUT2D eigenvalue weighted by atomic mass is 35.5. The second-order valence-electron chi connectivity index (χ2n) is 4.27. The normalized spacial score (nSPS) is 10.7. The molecule has 0 aliphatic rings. The van der Waals surface area contributed by atoms with Gasteiger partial charge >= 0.3 is 0 Å². The summed E-state index contributed by atoms with van der Waals surface area (Å²) >= 11 is 6.28. The van der Waals surface area contributed by atoms with E-state index in [9.17, 15) is 0 Å². The van der Waals surface area contributed by atoms with Crippen molar-refractivity contribution in [2.75, 3.05) is 5.73 Å². The first-order valence-corrected chi connectivity index (χ1v) is 6.17. The van der Waals surface area contributed by atoms with Gasteiger partial charge in [0.1, 0.15) is 0 Å². The van der Waals surface area contributed by atoms with Crippen molar-refractivity contribution in [3.63, 3.8) is 0 Å². The molecule has 0 saturated carbocycles. The van der Waals surface area contributed by atoms with Crippen molar-refractivity contribution in [3.05, 3.63) is 65.7 Å². The number of fused-ring (bicyclic) bond motifs is 1. The van der Waals surface area contributed by atoms with E-state index < -0.39 is 0 Å². The van der Waals surface area contributed by atoms with Gasteiger partial charge in [-0.05, 0) is 28.5 Å². The lowest BCUT2D eigenvalue weighted by Crippen LogP contribution is -1.87. The van der Waals surface area contributed by atoms with Gasteiger partial charge in [-0.15, -0.1) is 0 Å². The Morgan fingerprint density at radius 1 is 0.778 bits per heavy atom. The lowest BCUT2D eigenvalue weighted by Gasteiger charge is -2.09. The standard InChI is InChI=1S/C16H12ClN/c17-16-10-12(18)8-9-15(16)14-7-3-5-11-4-1-2-6-13(11)14/h1-10H,18H2. The van der Waals surface area contributed by atoms with Crippen LogP contribution in [-0.2, 0) is 0 Å². The third kappa shape index (κ3) is 1.83. The Morgan fingerprint density at radius 2 is 1.56 bits per heavy atom. The van der Waals surface area contributed by atoms with Crippen LogP contribution < -0.4 is 5.73 Å². The molecule has 0 bridgehead atoms. The van der Waals surface area contributed by atoms with E-state index in [1.54, 1.807) is 6.07 Å². The maximum atomic E-state index is 6.28. The number of anilines is 1. The van der Waals surface area contributed by atoms with E-state index in [1.807, 2.05) is 30.3 Å². The summed E-state index contributed by atoms with van der Waals surface area (Å²) in [6, 6.07) is 20.2. The summed E-state index contributed by atoms with van der Waals surface area (Å²) in [6.07, 6.45) is 0. The lowest BCUT2D eigenvalue weighted by molar-refractivity contribution is 1.64. The largest absolute Gasteiger partial charge is 0.399 e. The van der Waals surface area contributed by atoms with Crippen molar-refractivity contribution in [3.8, 4) is 11.1 Å². The van der Waals surface area contributed by atoms with Crippen LogP contribution in [0.25, 0.3) is 21.9 Å². The van der Waals surface area contributed by atoms with Crippen molar-refractivity contribution in [1.29, 1.82) is 0 Å². The topological polar surface area (TPSA) is 26.0 Å². The number of nitrogens with two attached hydrogens (primary N) is 1. The molecule has 0 amide bonds. The van der Waals surface area contributed by atoms with Crippen molar-refractivity contribution in [2.24, 2.45) is 0 Å². The van der Waals surface area contributed by atoms with Gasteiger partial charge in [0.05, 0.1) is 5.02 Å². The Labute approximate surface area is 111 Å². The van der Waals surface area contributed by atoms with Crippen LogP contribution in [-0.4, -0.2) is 0 Å². The van der Waals surface area contributed by atoms with E-state index in [2.05, 4.69) is 24.3 Å². The third-order valence-corrected chi connectivity index (χ3v) is 3.39. The van der Waals surface area contributed by atoms with Crippen molar-refractivity contribution in [2.45, 2.75) is 0 Å². The quantitative estimate of drug-likeness (QED) is 0.623. The maximum absolute atomic E-state index is 6.28. The summed E-state index contributed by atoms with van der Waals surface area (Å²) in [5.41, 5.74) is 8.57. The minimum absolute atomic E-state index is 0.684. The van der Waals surface area contributed by atoms with Gasteiger partial charge in [-0.3, -0.25) is 0 Å². The second kappa shape index (κ2) is 4.35. The molecular formula is C16H12ClN. The van der Waals surface area contributed by atoms with Gasteiger partial charge < -0.3 is 5.73 Å². The van der Waals surface area contributed by atoms with Crippen LogP contribution >= 0.6 is 11.6 Å². The third-order valence-electron chi connectivity index (χ3n) is 3.07. The zero-order chi connectivity index (χ0) is 12.5. The van der Waals surface area contributed by atoms with Crippen LogP contribution in [0.2, 0.25) is 5.02 Å². The van der Waals surface area contributed by atoms with E-state index in [-0.39, 0.29) is 0 Å². The molecule has 0 spiro atoms. The fraction of sp³-hybridized carbons (Fsp3) is 0. The van der Waals surface area contributed by atoms with Crippen LogP contribution in [0.3, 0.4) is 0 Å². The molecule has 88 valence electrons. The zero-order valence-corrected chi connectivity index (χ0v) is 10.5. The van der Waals surface area contributed by atoms with Gasteiger partial charge in [-0.1, -0.05) is 60.1 Å². The highest BCUT2D eigenvalue weighted by Crippen LogP contribution is 2.34. The molecule has 3 aromatic rings. The molecule has 0 aromatic heterocycles. The lowest BCUT2D eigenvalue weighted by atomic mass is 9.98. The highest BCUT2D eigenvalue weighted by molar-refractivity contribution is 6.34. The maximum Gasteiger partial charge on any atom is 0.0505 e. The smallest absolute Gasteiger partial charge is 0.0505 e. The van der Waals surface area contributed by atoms with Crippen LogP contribution in [0.1, 0.15) is 0 Å². The first-order valence-electron chi connectivity index (χ1n) is 5.79. The van der Waals surface area contributed by atoms with Gasteiger partial charge in [-0.25, -0.2) is 0 Å². The molecule has 0 heterocycles. The minimum Gasteiger partial charge on any atom is -0.399 e. The molecule has 2 N–H and O–H groups in total. The van der Waals surface area contributed by atoms with Gasteiger partial charge in [0.15, 0.2) is 0 Å². The fourth-order valence-electron chi connectivity index (χ4n) is 2.21. The molecule has 0 atom stereocenters. The van der Waals surface area contributed by atoms with Gasteiger partial charge in [-0.2, -0.15) is 0 Å². The Bertz CT molecular complexity index is 714.